The number of nitrogens with zero attached hydrogens (tertiary/aromatic N) is 1. The zero-order chi connectivity index (χ0) is 20.3. The smallest absolute Gasteiger partial charge is 0.175 e. The molecule has 0 saturated heterocycles. The fraction of sp³-hybridized carbons (Fsp3) is 0.350. The molecule has 3 N–H and O–H groups in total. The summed E-state index contributed by atoms with van der Waals surface area (Å²) in [5.41, 5.74) is 8.59. The summed E-state index contributed by atoms with van der Waals surface area (Å²) in [7, 11) is -1.43. The number of aliphatic imine (C=N–C) groups is 1. The first-order valence-corrected chi connectivity index (χ1v) is 11.7. The van der Waals surface area contributed by atoms with Crippen molar-refractivity contribution in [2.24, 2.45) is 16.6 Å². The molecule has 1 aliphatic rings. The van der Waals surface area contributed by atoms with Gasteiger partial charge in [0.15, 0.2) is 9.84 Å². The van der Waals surface area contributed by atoms with Crippen molar-refractivity contribution in [2.75, 3.05) is 25.2 Å². The fourth-order valence-corrected chi connectivity index (χ4v) is 3.87. The van der Waals surface area contributed by atoms with Crippen LogP contribution in [0, 0.1) is 5.92 Å². The van der Waals surface area contributed by atoms with Crippen molar-refractivity contribution in [3.8, 4) is 5.75 Å². The van der Waals surface area contributed by atoms with Gasteiger partial charge in [0.25, 0.3) is 0 Å². The highest BCUT2D eigenvalue weighted by Crippen LogP contribution is 2.33. The molecule has 0 unspecified atom stereocenters. The summed E-state index contributed by atoms with van der Waals surface area (Å²) in [5, 5.41) is 3.13. The van der Waals surface area contributed by atoms with E-state index in [2.05, 4.69) is 26.2 Å². The summed E-state index contributed by atoms with van der Waals surface area (Å²) in [6.07, 6.45) is 3.65. The summed E-state index contributed by atoms with van der Waals surface area (Å²) in [6, 6.07) is 10.5. The Morgan fingerprint density at radius 2 is 2.07 bits per heavy atom. The first-order chi connectivity index (χ1) is 13.3. The van der Waals surface area contributed by atoms with E-state index in [9.17, 15) is 8.42 Å². The quantitative estimate of drug-likeness (QED) is 0.458. The number of benzene rings is 2. The molecule has 0 heterocycles. The summed E-state index contributed by atoms with van der Waals surface area (Å²) in [5.74, 6) is 1.81. The van der Waals surface area contributed by atoms with Crippen LogP contribution < -0.4 is 15.8 Å². The number of sulfone groups is 1. The van der Waals surface area contributed by atoms with Gasteiger partial charge in [-0.25, -0.2) is 8.42 Å². The van der Waals surface area contributed by atoms with E-state index in [1.165, 1.54) is 19.1 Å². The van der Waals surface area contributed by atoms with Gasteiger partial charge in [-0.1, -0.05) is 12.1 Å². The lowest BCUT2D eigenvalue weighted by Crippen LogP contribution is -2.16. The van der Waals surface area contributed by atoms with Gasteiger partial charge >= 0.3 is 0 Å². The van der Waals surface area contributed by atoms with Crippen LogP contribution in [0.3, 0.4) is 0 Å². The Morgan fingerprint density at radius 1 is 1.32 bits per heavy atom. The van der Waals surface area contributed by atoms with E-state index in [1.54, 1.807) is 18.2 Å². The second kappa shape index (κ2) is 8.53. The maximum absolute atomic E-state index is 11.7. The number of ether oxygens (including phenoxy) is 1. The SMILES string of the molecule is CNc1cc(OCc2cccc(S(C)(=O)=O)c2)c(Br)cc1C(N)=NCC1CC1. The molecule has 2 aromatic carbocycles. The molecule has 0 bridgehead atoms. The zero-order valence-electron chi connectivity index (χ0n) is 15.9. The number of amidine groups is 1. The molecule has 3 rings (SSSR count). The molecular formula is C20H24BrN3O3S. The Morgan fingerprint density at radius 3 is 2.71 bits per heavy atom. The third-order valence-corrected chi connectivity index (χ3v) is 6.28. The first-order valence-electron chi connectivity index (χ1n) is 9.01. The molecule has 0 aromatic heterocycles. The number of rotatable bonds is 8. The molecule has 0 atom stereocenters. The minimum atomic E-state index is -3.25. The van der Waals surface area contributed by atoms with E-state index in [-0.39, 0.29) is 11.5 Å². The summed E-state index contributed by atoms with van der Waals surface area (Å²) < 4.78 is 30.1. The van der Waals surface area contributed by atoms with E-state index in [4.69, 9.17) is 10.5 Å². The molecule has 0 aliphatic heterocycles. The van der Waals surface area contributed by atoms with Gasteiger partial charge in [-0.3, -0.25) is 4.99 Å². The predicted molar refractivity (Wildman–Crippen MR) is 116 cm³/mol. The molecule has 0 spiro atoms. The van der Waals surface area contributed by atoms with Gasteiger partial charge in [0, 0.05) is 37.2 Å². The van der Waals surface area contributed by atoms with Crippen LogP contribution in [0.1, 0.15) is 24.0 Å². The lowest BCUT2D eigenvalue weighted by molar-refractivity contribution is 0.304. The molecule has 0 radical (unpaired) electrons. The van der Waals surface area contributed by atoms with E-state index in [0.29, 0.717) is 17.5 Å². The third-order valence-electron chi connectivity index (χ3n) is 4.56. The molecule has 28 heavy (non-hydrogen) atoms. The van der Waals surface area contributed by atoms with Crippen molar-refractivity contribution < 1.29 is 13.2 Å². The van der Waals surface area contributed by atoms with Crippen LogP contribution in [0.5, 0.6) is 5.75 Å². The topological polar surface area (TPSA) is 93.8 Å². The Kier molecular flexibility index (Phi) is 6.30. The van der Waals surface area contributed by atoms with E-state index < -0.39 is 9.84 Å². The molecule has 1 saturated carbocycles. The minimum absolute atomic E-state index is 0.246. The van der Waals surface area contributed by atoms with Crippen molar-refractivity contribution >= 4 is 37.3 Å². The van der Waals surface area contributed by atoms with Crippen LogP contribution in [-0.2, 0) is 16.4 Å². The standard InChI is InChI=1S/C20H24BrN3O3S/c1-23-18-10-19(17(21)9-16(18)20(22)24-11-13-6-7-13)27-12-14-4-3-5-15(8-14)28(2,25)26/h3-5,8-10,13,23H,6-7,11-12H2,1-2H3,(H2,22,24). The average molecular weight is 466 g/mol. The van der Waals surface area contributed by atoms with Gasteiger partial charge < -0.3 is 15.8 Å². The Labute approximate surface area is 174 Å². The number of hydrogen-bond acceptors (Lipinski definition) is 5. The fourth-order valence-electron chi connectivity index (χ4n) is 2.72. The van der Waals surface area contributed by atoms with Crippen LogP contribution in [-0.4, -0.2) is 34.1 Å². The van der Waals surface area contributed by atoms with Gasteiger partial charge in [0.1, 0.15) is 18.2 Å². The lowest BCUT2D eigenvalue weighted by Gasteiger charge is -2.15. The third kappa shape index (κ3) is 5.26. The van der Waals surface area contributed by atoms with Gasteiger partial charge in [0.05, 0.1) is 9.37 Å². The monoisotopic (exact) mass is 465 g/mol. The number of nitrogens with two attached hydrogens (primary N) is 1. The van der Waals surface area contributed by atoms with Crippen LogP contribution in [0.4, 0.5) is 5.69 Å². The Hall–Kier alpha value is -2.06. The highest BCUT2D eigenvalue weighted by Gasteiger charge is 2.21. The van der Waals surface area contributed by atoms with E-state index >= 15 is 0 Å². The summed E-state index contributed by atoms with van der Waals surface area (Å²) in [4.78, 5) is 4.77. The molecule has 8 heteroatoms. The van der Waals surface area contributed by atoms with Crippen molar-refractivity contribution in [3.05, 3.63) is 52.0 Å². The highest BCUT2D eigenvalue weighted by atomic mass is 79.9. The van der Waals surface area contributed by atoms with Crippen LogP contribution in [0.2, 0.25) is 0 Å². The minimum Gasteiger partial charge on any atom is -0.488 e. The largest absolute Gasteiger partial charge is 0.488 e. The Balaban J connectivity index is 1.78. The predicted octanol–water partition coefficient (Wildman–Crippen LogP) is 3.59. The molecule has 6 nitrogen and oxygen atoms in total. The molecule has 1 aliphatic carbocycles. The van der Waals surface area contributed by atoms with Gasteiger partial charge in [-0.2, -0.15) is 0 Å². The van der Waals surface area contributed by atoms with Crippen molar-refractivity contribution in [1.29, 1.82) is 0 Å². The van der Waals surface area contributed by atoms with E-state index in [1.807, 2.05) is 25.2 Å². The lowest BCUT2D eigenvalue weighted by atomic mass is 10.1. The average Bonchev–Trinajstić information content (AvgIpc) is 3.49. The second-order valence-electron chi connectivity index (χ2n) is 6.96. The summed E-state index contributed by atoms with van der Waals surface area (Å²) >= 11 is 3.53. The number of nitrogens with one attached hydrogen (secondary N) is 1. The maximum atomic E-state index is 11.7. The van der Waals surface area contributed by atoms with Crippen LogP contribution in [0.15, 0.2) is 50.8 Å². The van der Waals surface area contributed by atoms with Crippen molar-refractivity contribution in [2.45, 2.75) is 24.3 Å². The molecule has 150 valence electrons. The molecule has 1 fully saturated rings. The van der Waals surface area contributed by atoms with Crippen molar-refractivity contribution in [3.63, 3.8) is 0 Å². The van der Waals surface area contributed by atoms with E-state index in [0.717, 1.165) is 27.8 Å². The van der Waals surface area contributed by atoms with Crippen LogP contribution >= 0.6 is 15.9 Å². The number of anilines is 1. The highest BCUT2D eigenvalue weighted by molar-refractivity contribution is 9.10. The summed E-state index contributed by atoms with van der Waals surface area (Å²) in [6.45, 7) is 1.01. The second-order valence-corrected chi connectivity index (χ2v) is 9.83. The van der Waals surface area contributed by atoms with Crippen LogP contribution in [0.25, 0.3) is 0 Å². The normalized spacial score (nSPS) is 14.8. The van der Waals surface area contributed by atoms with Crippen molar-refractivity contribution in [1.82, 2.24) is 0 Å². The first kappa shape index (κ1) is 20.7. The van der Waals surface area contributed by atoms with Gasteiger partial charge in [-0.05, 0) is 58.5 Å². The van der Waals surface area contributed by atoms with Gasteiger partial charge in [-0.15, -0.1) is 0 Å². The Bertz CT molecular complexity index is 1000. The molecule has 2 aromatic rings. The zero-order valence-corrected chi connectivity index (χ0v) is 18.3. The number of halogens is 1. The van der Waals surface area contributed by atoms with Gasteiger partial charge in [0.2, 0.25) is 0 Å². The molecular weight excluding hydrogens is 442 g/mol. The maximum Gasteiger partial charge on any atom is 0.175 e. The number of hydrogen-bond donors (Lipinski definition) is 2. The molecule has 0 amide bonds.